The van der Waals surface area contributed by atoms with E-state index in [9.17, 15) is 28.0 Å². The summed E-state index contributed by atoms with van der Waals surface area (Å²) in [5.74, 6) is -10.5. The Labute approximate surface area is 198 Å². The van der Waals surface area contributed by atoms with Crippen LogP contribution in [-0.4, -0.2) is 59.1 Å². The fourth-order valence-electron chi connectivity index (χ4n) is 4.90. The molecule has 3 aliphatic rings. The molecule has 2 aromatic carbocycles. The number of carboxylic acids is 1. The van der Waals surface area contributed by atoms with Crippen LogP contribution in [0, 0.1) is 11.8 Å². The van der Waals surface area contributed by atoms with Crippen molar-refractivity contribution in [1.29, 1.82) is 0 Å². The number of carbonyl (C=O) groups excluding carboxylic acids is 3. The topological polar surface area (TPSA) is 125 Å². The zero-order valence-electron chi connectivity index (χ0n) is 18.2. The summed E-state index contributed by atoms with van der Waals surface area (Å²) in [5.41, 5.74) is 6.11. The number of aliphatic carboxylic acids is 1. The van der Waals surface area contributed by atoms with Gasteiger partial charge in [-0.2, -0.15) is 0 Å². The monoisotopic (exact) mass is 485 g/mol. The fourth-order valence-corrected chi connectivity index (χ4v) is 4.90. The summed E-state index contributed by atoms with van der Waals surface area (Å²) in [6.07, 6.45) is -1.42. The van der Waals surface area contributed by atoms with E-state index in [1.54, 1.807) is 0 Å². The average molecular weight is 485 g/mol. The van der Waals surface area contributed by atoms with Crippen LogP contribution in [0.3, 0.4) is 0 Å². The first-order valence-corrected chi connectivity index (χ1v) is 11.0. The summed E-state index contributed by atoms with van der Waals surface area (Å²) < 4.78 is 33.9. The van der Waals surface area contributed by atoms with Gasteiger partial charge in [-0.15, -0.1) is 0 Å². The summed E-state index contributed by atoms with van der Waals surface area (Å²) >= 11 is 0. The van der Waals surface area contributed by atoms with E-state index in [0.29, 0.717) is 5.01 Å². The molecule has 35 heavy (non-hydrogen) atoms. The molecule has 0 aromatic heterocycles. The first-order valence-electron chi connectivity index (χ1n) is 11.0. The van der Waals surface area contributed by atoms with Crippen molar-refractivity contribution >= 4 is 23.9 Å². The molecule has 2 fully saturated rings. The number of hydrogen-bond acceptors (Lipinski definition) is 5. The Bertz CT molecular complexity index is 1190. The molecule has 0 bridgehead atoms. The SMILES string of the molecule is O=C1CC(C(=O)O)N(C(=O)[C@@H]2[C@H](CNC(=O)OCC3c4ccccc4-c4ccccc43)C2(F)F)N1. The van der Waals surface area contributed by atoms with E-state index in [-0.39, 0.29) is 12.5 Å². The molecule has 3 atom stereocenters. The molecule has 3 N–H and O–H groups in total. The molecule has 9 nitrogen and oxygen atoms in total. The Morgan fingerprint density at radius 3 is 2.29 bits per heavy atom. The third-order valence-electron chi connectivity index (χ3n) is 6.74. The Kier molecular flexibility index (Phi) is 5.42. The van der Waals surface area contributed by atoms with E-state index in [1.807, 2.05) is 54.0 Å². The lowest BCUT2D eigenvalue weighted by Crippen LogP contribution is -2.48. The first kappa shape index (κ1) is 22.8. The van der Waals surface area contributed by atoms with E-state index < -0.39 is 60.6 Å². The van der Waals surface area contributed by atoms with Crippen molar-refractivity contribution in [3.8, 4) is 11.1 Å². The van der Waals surface area contributed by atoms with Gasteiger partial charge in [0.25, 0.3) is 11.8 Å². The fraction of sp³-hybridized carbons (Fsp3) is 0.333. The van der Waals surface area contributed by atoms with Crippen LogP contribution >= 0.6 is 0 Å². The minimum atomic E-state index is -3.45. The van der Waals surface area contributed by atoms with Crippen LogP contribution in [0.25, 0.3) is 11.1 Å². The molecule has 1 heterocycles. The summed E-state index contributed by atoms with van der Waals surface area (Å²) in [6.45, 7) is -0.539. The number of nitrogens with zero attached hydrogens (tertiary/aromatic N) is 1. The number of amides is 3. The predicted octanol–water partition coefficient (Wildman–Crippen LogP) is 2.12. The van der Waals surface area contributed by atoms with Crippen molar-refractivity contribution in [2.75, 3.05) is 13.2 Å². The van der Waals surface area contributed by atoms with Crippen LogP contribution in [0.5, 0.6) is 0 Å². The Morgan fingerprint density at radius 1 is 1.09 bits per heavy atom. The van der Waals surface area contributed by atoms with Gasteiger partial charge >= 0.3 is 12.1 Å². The van der Waals surface area contributed by atoms with Crippen LogP contribution in [0.15, 0.2) is 48.5 Å². The summed E-state index contributed by atoms with van der Waals surface area (Å²) in [4.78, 5) is 47.5. The normalized spacial score (nSPS) is 23.8. The molecule has 0 spiro atoms. The molecule has 5 rings (SSSR count). The number of fused-ring (bicyclic) bond motifs is 3. The molecule has 3 amide bonds. The Balaban J connectivity index is 1.18. The number of ether oxygens (including phenoxy) is 1. The number of carbonyl (C=O) groups is 4. The van der Waals surface area contributed by atoms with Gasteiger partial charge in [-0.25, -0.2) is 23.4 Å². The molecular weight excluding hydrogens is 464 g/mol. The number of hydrazine groups is 1. The van der Waals surface area contributed by atoms with E-state index >= 15 is 0 Å². The molecule has 1 unspecified atom stereocenters. The van der Waals surface area contributed by atoms with E-state index in [4.69, 9.17) is 9.84 Å². The number of alkyl halides is 2. The van der Waals surface area contributed by atoms with Crippen LogP contribution in [0.1, 0.15) is 23.5 Å². The molecule has 1 saturated heterocycles. The smallest absolute Gasteiger partial charge is 0.407 e. The average Bonchev–Trinajstić information content (AvgIpc) is 3.11. The second kappa shape index (κ2) is 8.33. The summed E-state index contributed by atoms with van der Waals surface area (Å²) in [7, 11) is 0. The van der Waals surface area contributed by atoms with Crippen molar-refractivity contribution in [3.05, 3.63) is 59.7 Å². The highest BCUT2D eigenvalue weighted by Gasteiger charge is 2.73. The molecule has 1 saturated carbocycles. The van der Waals surface area contributed by atoms with Gasteiger partial charge in [-0.3, -0.25) is 15.0 Å². The van der Waals surface area contributed by atoms with Gasteiger partial charge in [0.15, 0.2) is 6.04 Å². The Hall–Kier alpha value is -4.02. The van der Waals surface area contributed by atoms with Gasteiger partial charge in [-0.05, 0) is 22.3 Å². The zero-order valence-corrected chi connectivity index (χ0v) is 18.2. The van der Waals surface area contributed by atoms with Gasteiger partial charge in [0.1, 0.15) is 12.5 Å². The van der Waals surface area contributed by atoms with Gasteiger partial charge in [0.2, 0.25) is 5.91 Å². The summed E-state index contributed by atoms with van der Waals surface area (Å²) in [6, 6.07) is 13.9. The number of benzene rings is 2. The summed E-state index contributed by atoms with van der Waals surface area (Å²) in [5, 5.41) is 11.9. The second-order valence-corrected chi connectivity index (χ2v) is 8.77. The molecule has 11 heteroatoms. The van der Waals surface area contributed by atoms with Gasteiger partial charge in [-0.1, -0.05) is 48.5 Å². The number of halogens is 2. The molecule has 1 aliphatic heterocycles. The van der Waals surface area contributed by atoms with Crippen molar-refractivity contribution in [2.24, 2.45) is 11.8 Å². The zero-order chi connectivity index (χ0) is 24.9. The molecule has 182 valence electrons. The van der Waals surface area contributed by atoms with E-state index in [1.165, 1.54) is 0 Å². The number of hydrogen-bond donors (Lipinski definition) is 3. The quantitative estimate of drug-likeness (QED) is 0.576. The van der Waals surface area contributed by atoms with Crippen molar-refractivity contribution < 1.29 is 37.8 Å². The molecule has 0 radical (unpaired) electrons. The van der Waals surface area contributed by atoms with Gasteiger partial charge in [0, 0.05) is 12.5 Å². The van der Waals surface area contributed by atoms with Crippen LogP contribution in [0.4, 0.5) is 13.6 Å². The lowest BCUT2D eigenvalue weighted by Gasteiger charge is -2.20. The maximum Gasteiger partial charge on any atom is 0.407 e. The van der Waals surface area contributed by atoms with Crippen molar-refractivity contribution in [3.63, 3.8) is 0 Å². The number of rotatable bonds is 6. The van der Waals surface area contributed by atoms with Crippen LogP contribution in [0.2, 0.25) is 0 Å². The minimum Gasteiger partial charge on any atom is -0.480 e. The largest absolute Gasteiger partial charge is 0.480 e. The number of alkyl carbamates (subject to hydrolysis) is 1. The van der Waals surface area contributed by atoms with Gasteiger partial charge in [0.05, 0.1) is 12.3 Å². The third kappa shape index (κ3) is 3.86. The predicted molar refractivity (Wildman–Crippen MR) is 116 cm³/mol. The number of carboxylic acid groups (broad SMARTS) is 1. The third-order valence-corrected chi connectivity index (χ3v) is 6.74. The maximum atomic E-state index is 14.3. The van der Waals surface area contributed by atoms with Crippen LogP contribution in [-0.2, 0) is 19.1 Å². The highest BCUT2D eigenvalue weighted by Crippen LogP contribution is 2.56. The van der Waals surface area contributed by atoms with E-state index in [2.05, 4.69) is 5.32 Å². The maximum absolute atomic E-state index is 14.3. The Morgan fingerprint density at radius 2 is 1.69 bits per heavy atom. The molecular formula is C24H21F2N3O6. The number of nitrogens with one attached hydrogen (secondary N) is 2. The molecule has 2 aliphatic carbocycles. The standard InChI is InChI=1S/C24H21F2N3O6/c25-24(26)17(20(24)21(31)29-18(22(32)33)9-19(30)28-29)10-27-23(34)35-11-16-14-7-3-1-5-12(14)13-6-2-4-8-15(13)16/h1-8,16-18,20H,9-11H2,(H,27,34)(H,28,30)(H,32,33)/t17-,18?,20-/m0/s1. The highest BCUT2D eigenvalue weighted by molar-refractivity contribution is 5.95. The van der Waals surface area contributed by atoms with Crippen molar-refractivity contribution in [1.82, 2.24) is 15.8 Å². The minimum absolute atomic E-state index is 0.00335. The lowest BCUT2D eigenvalue weighted by atomic mass is 9.98. The highest BCUT2D eigenvalue weighted by atomic mass is 19.3. The van der Waals surface area contributed by atoms with E-state index in [0.717, 1.165) is 22.3 Å². The second-order valence-electron chi connectivity index (χ2n) is 8.77. The first-order chi connectivity index (χ1) is 16.7. The van der Waals surface area contributed by atoms with Crippen LogP contribution < -0.4 is 10.7 Å². The van der Waals surface area contributed by atoms with Crippen molar-refractivity contribution in [2.45, 2.75) is 24.3 Å². The molecule has 2 aromatic rings. The lowest BCUT2D eigenvalue weighted by molar-refractivity contribution is -0.152. The van der Waals surface area contributed by atoms with Gasteiger partial charge < -0.3 is 15.2 Å².